The number of hydrogen-bond donors (Lipinski definition) is 2. The van der Waals surface area contributed by atoms with Crippen LogP contribution in [0.4, 0.5) is 0 Å². The molecule has 0 aliphatic heterocycles. The lowest BCUT2D eigenvalue weighted by atomic mass is 9.76. The quantitative estimate of drug-likeness (QED) is 0.832. The number of aliphatic hydroxyl groups is 1. The van der Waals surface area contributed by atoms with Crippen LogP contribution in [0, 0.1) is 11.8 Å². The third kappa shape index (κ3) is 3.98. The molecule has 2 N–H and O–H groups in total. The van der Waals surface area contributed by atoms with Gasteiger partial charge in [0.05, 0.1) is 11.9 Å². The molecule has 0 spiro atoms. The molecule has 2 aromatic rings. The highest BCUT2D eigenvalue weighted by Crippen LogP contribution is 2.36. The van der Waals surface area contributed by atoms with Gasteiger partial charge in [0.15, 0.2) is 11.3 Å². The molecular formula is C22H29NO4. The summed E-state index contributed by atoms with van der Waals surface area (Å²) in [4.78, 5) is 12.5. The molecule has 0 bridgehead atoms. The van der Waals surface area contributed by atoms with Gasteiger partial charge in [0.2, 0.25) is 5.91 Å². The van der Waals surface area contributed by atoms with Crippen molar-refractivity contribution >= 4 is 16.9 Å². The normalized spacial score (nSPS) is 28.6. The second kappa shape index (κ2) is 7.19. The van der Waals surface area contributed by atoms with Gasteiger partial charge in [0.1, 0.15) is 6.10 Å². The van der Waals surface area contributed by atoms with Crippen molar-refractivity contribution < 1.29 is 19.1 Å². The number of furan rings is 1. The summed E-state index contributed by atoms with van der Waals surface area (Å²) in [6, 6.07) is 8.04. The molecule has 2 fully saturated rings. The van der Waals surface area contributed by atoms with Gasteiger partial charge in [0.25, 0.3) is 0 Å². The van der Waals surface area contributed by atoms with Crippen molar-refractivity contribution in [1.29, 1.82) is 0 Å². The Balaban J connectivity index is 1.23. The van der Waals surface area contributed by atoms with Gasteiger partial charge in [-0.1, -0.05) is 12.1 Å². The van der Waals surface area contributed by atoms with Crippen molar-refractivity contribution in [1.82, 2.24) is 5.32 Å². The van der Waals surface area contributed by atoms with Crippen molar-refractivity contribution in [2.45, 2.75) is 70.1 Å². The standard InChI is InChI=1S/C22H29NO4/c1-22(2,25)16-6-8-17(9-7-16)23-21(24)15-12-18(13-15)27-19-5-3-4-14-10-11-26-20(14)19/h3-5,10-11,15-18,25H,6-9,12-13H2,1-2H3,(H,23,24)/t15-,16-,17-,18-. The first-order valence-corrected chi connectivity index (χ1v) is 10.1. The molecule has 1 amide bonds. The van der Waals surface area contributed by atoms with Crippen LogP contribution in [0.15, 0.2) is 34.9 Å². The molecule has 27 heavy (non-hydrogen) atoms. The first-order chi connectivity index (χ1) is 12.9. The number of rotatable bonds is 5. The van der Waals surface area contributed by atoms with Crippen LogP contribution in [0.1, 0.15) is 52.4 Å². The molecule has 0 atom stereocenters. The first kappa shape index (κ1) is 18.4. The molecule has 1 aromatic carbocycles. The van der Waals surface area contributed by atoms with Gasteiger partial charge in [-0.15, -0.1) is 0 Å². The lowest BCUT2D eigenvalue weighted by Crippen LogP contribution is -2.48. The van der Waals surface area contributed by atoms with E-state index in [0.29, 0.717) is 5.92 Å². The number of hydrogen-bond acceptors (Lipinski definition) is 4. The van der Waals surface area contributed by atoms with Crippen molar-refractivity contribution in [3.8, 4) is 5.75 Å². The zero-order valence-corrected chi connectivity index (χ0v) is 16.1. The van der Waals surface area contributed by atoms with Gasteiger partial charge < -0.3 is 19.6 Å². The summed E-state index contributed by atoms with van der Waals surface area (Å²) in [5, 5.41) is 14.4. The molecule has 2 aliphatic rings. The predicted molar refractivity (Wildman–Crippen MR) is 104 cm³/mol. The predicted octanol–water partition coefficient (Wildman–Crippen LogP) is 4.04. The van der Waals surface area contributed by atoms with E-state index >= 15 is 0 Å². The number of ether oxygens (including phenoxy) is 1. The van der Waals surface area contributed by atoms with E-state index in [2.05, 4.69) is 5.32 Å². The number of benzene rings is 1. The second-order valence-corrected chi connectivity index (χ2v) is 8.71. The number of amides is 1. The Kier molecular flexibility index (Phi) is 4.89. The summed E-state index contributed by atoms with van der Waals surface area (Å²) in [5.41, 5.74) is 0.152. The Labute approximate surface area is 160 Å². The first-order valence-electron chi connectivity index (χ1n) is 10.1. The smallest absolute Gasteiger partial charge is 0.223 e. The van der Waals surface area contributed by atoms with Gasteiger partial charge in [0, 0.05) is 17.3 Å². The number of carbonyl (C=O) groups is 1. The van der Waals surface area contributed by atoms with Gasteiger partial charge in [-0.25, -0.2) is 0 Å². The fourth-order valence-electron chi connectivity index (χ4n) is 4.38. The van der Waals surface area contributed by atoms with Crippen molar-refractivity contribution in [3.63, 3.8) is 0 Å². The van der Waals surface area contributed by atoms with Crippen LogP contribution in [0.3, 0.4) is 0 Å². The summed E-state index contributed by atoms with van der Waals surface area (Å²) >= 11 is 0. The highest BCUT2D eigenvalue weighted by molar-refractivity contribution is 5.83. The molecule has 1 aromatic heterocycles. The average molecular weight is 371 g/mol. The van der Waals surface area contributed by atoms with E-state index in [1.54, 1.807) is 6.26 Å². The topological polar surface area (TPSA) is 71.7 Å². The third-order valence-corrected chi connectivity index (χ3v) is 6.27. The van der Waals surface area contributed by atoms with E-state index in [4.69, 9.17) is 9.15 Å². The summed E-state index contributed by atoms with van der Waals surface area (Å²) in [7, 11) is 0. The summed E-state index contributed by atoms with van der Waals surface area (Å²) in [5.74, 6) is 1.28. The molecule has 5 heteroatoms. The average Bonchev–Trinajstić information content (AvgIpc) is 3.06. The molecule has 2 saturated carbocycles. The molecule has 5 nitrogen and oxygen atoms in total. The van der Waals surface area contributed by atoms with Crippen molar-refractivity contribution in [2.24, 2.45) is 11.8 Å². The Morgan fingerprint density at radius 1 is 1.19 bits per heavy atom. The highest BCUT2D eigenvalue weighted by atomic mass is 16.5. The largest absolute Gasteiger partial charge is 0.486 e. The minimum absolute atomic E-state index is 0.0396. The van der Waals surface area contributed by atoms with Crippen LogP contribution in [0.2, 0.25) is 0 Å². The lowest BCUT2D eigenvalue weighted by molar-refractivity contribution is -0.131. The molecule has 0 unspecified atom stereocenters. The monoisotopic (exact) mass is 371 g/mol. The van der Waals surface area contributed by atoms with E-state index < -0.39 is 5.60 Å². The molecule has 4 rings (SSSR count). The Bertz CT molecular complexity index is 792. The summed E-state index contributed by atoms with van der Waals surface area (Å²) in [6.45, 7) is 3.77. The van der Waals surface area contributed by atoms with E-state index in [-0.39, 0.29) is 24.0 Å². The van der Waals surface area contributed by atoms with Crippen LogP contribution >= 0.6 is 0 Å². The molecule has 1 heterocycles. The van der Waals surface area contributed by atoms with Crippen LogP contribution in [-0.2, 0) is 4.79 Å². The third-order valence-electron chi connectivity index (χ3n) is 6.27. The van der Waals surface area contributed by atoms with Gasteiger partial charge in [-0.3, -0.25) is 4.79 Å². The number of para-hydroxylation sites is 1. The zero-order valence-electron chi connectivity index (χ0n) is 16.1. The minimum Gasteiger partial charge on any atom is -0.486 e. The number of carbonyl (C=O) groups excluding carboxylic acids is 1. The molecule has 0 radical (unpaired) electrons. The minimum atomic E-state index is -0.621. The number of nitrogens with one attached hydrogen (secondary N) is 1. The summed E-state index contributed by atoms with van der Waals surface area (Å²) in [6.07, 6.45) is 7.09. The van der Waals surface area contributed by atoms with E-state index in [1.807, 2.05) is 38.1 Å². The maximum absolute atomic E-state index is 12.5. The van der Waals surface area contributed by atoms with Gasteiger partial charge in [-0.2, -0.15) is 0 Å². The Hall–Kier alpha value is -2.01. The maximum atomic E-state index is 12.5. The lowest BCUT2D eigenvalue weighted by Gasteiger charge is -2.38. The van der Waals surface area contributed by atoms with Gasteiger partial charge in [-0.05, 0) is 70.4 Å². The van der Waals surface area contributed by atoms with Crippen LogP contribution in [0.5, 0.6) is 5.75 Å². The number of fused-ring (bicyclic) bond motifs is 1. The highest BCUT2D eigenvalue weighted by Gasteiger charge is 2.38. The fourth-order valence-corrected chi connectivity index (χ4v) is 4.38. The van der Waals surface area contributed by atoms with Crippen molar-refractivity contribution in [3.05, 3.63) is 30.5 Å². The Morgan fingerprint density at radius 2 is 1.93 bits per heavy atom. The fraction of sp³-hybridized carbons (Fsp3) is 0.591. The van der Waals surface area contributed by atoms with Crippen LogP contribution < -0.4 is 10.1 Å². The maximum Gasteiger partial charge on any atom is 0.223 e. The summed E-state index contributed by atoms with van der Waals surface area (Å²) < 4.78 is 11.5. The van der Waals surface area contributed by atoms with Crippen molar-refractivity contribution in [2.75, 3.05) is 0 Å². The van der Waals surface area contributed by atoms with Crippen LogP contribution in [0.25, 0.3) is 11.0 Å². The molecule has 146 valence electrons. The SMILES string of the molecule is CC(C)(O)[C@H]1CC[C@H](NC(=O)[C@H]2C[C@H](Oc3cccc4ccoc34)C2)CC1. The molecule has 0 saturated heterocycles. The van der Waals surface area contributed by atoms with E-state index in [0.717, 1.165) is 55.2 Å². The molecule has 2 aliphatic carbocycles. The van der Waals surface area contributed by atoms with Crippen LogP contribution in [-0.4, -0.2) is 28.8 Å². The van der Waals surface area contributed by atoms with E-state index in [1.165, 1.54) is 0 Å². The Morgan fingerprint density at radius 3 is 2.63 bits per heavy atom. The van der Waals surface area contributed by atoms with Gasteiger partial charge >= 0.3 is 0 Å². The zero-order chi connectivity index (χ0) is 19.0. The second-order valence-electron chi connectivity index (χ2n) is 8.71. The molecular weight excluding hydrogens is 342 g/mol. The van der Waals surface area contributed by atoms with E-state index in [9.17, 15) is 9.90 Å².